The maximum Gasteiger partial charge on any atom is 0.416 e. The third-order valence-electron chi connectivity index (χ3n) is 6.59. The zero-order valence-electron chi connectivity index (χ0n) is 21.1. The van der Waals surface area contributed by atoms with E-state index in [9.17, 15) is 31.6 Å². The number of nitrogens with one attached hydrogen (secondary N) is 1. The Hall–Kier alpha value is -3.82. The molecule has 0 atom stereocenters. The van der Waals surface area contributed by atoms with E-state index in [4.69, 9.17) is 0 Å². The van der Waals surface area contributed by atoms with Crippen LogP contribution < -0.4 is 15.8 Å². The molecular formula is C26H26F3N5O3S. The molecule has 0 spiro atoms. The van der Waals surface area contributed by atoms with Crippen molar-refractivity contribution in [2.45, 2.75) is 13.1 Å². The fourth-order valence-electron chi connectivity index (χ4n) is 4.59. The largest absolute Gasteiger partial charge is 0.416 e. The second-order valence-electron chi connectivity index (χ2n) is 9.26. The normalized spacial score (nSPS) is 14.9. The number of fused-ring (bicyclic) bond motifs is 1. The van der Waals surface area contributed by atoms with E-state index in [0.717, 1.165) is 24.0 Å². The fourth-order valence-corrected chi connectivity index (χ4v) is 5.42. The molecule has 1 aliphatic heterocycles. The minimum Gasteiger partial charge on any atom is -0.355 e. The molecule has 1 aromatic heterocycles. The first-order valence-corrected chi connectivity index (χ1v) is 13.5. The molecule has 12 heteroatoms. The Morgan fingerprint density at radius 3 is 2.32 bits per heavy atom. The van der Waals surface area contributed by atoms with Crippen molar-refractivity contribution in [1.82, 2.24) is 8.87 Å². The van der Waals surface area contributed by atoms with Crippen LogP contribution in [0.5, 0.6) is 0 Å². The average molecular weight is 546 g/mol. The van der Waals surface area contributed by atoms with Gasteiger partial charge in [0.05, 0.1) is 23.1 Å². The Morgan fingerprint density at radius 1 is 1.08 bits per heavy atom. The minimum absolute atomic E-state index is 0.154. The Balaban J connectivity index is 1.75. The van der Waals surface area contributed by atoms with Crippen LogP contribution in [0.3, 0.4) is 0 Å². The van der Waals surface area contributed by atoms with Crippen molar-refractivity contribution in [3.8, 4) is 6.07 Å². The molecule has 0 bridgehead atoms. The number of anilines is 2. The van der Waals surface area contributed by atoms with Gasteiger partial charge in [-0.15, -0.1) is 0 Å². The molecule has 4 rings (SSSR count). The van der Waals surface area contributed by atoms with Gasteiger partial charge in [-0.25, -0.2) is 8.42 Å². The summed E-state index contributed by atoms with van der Waals surface area (Å²) in [6.07, 6.45) is -3.42. The number of nitriles is 1. The van der Waals surface area contributed by atoms with Gasteiger partial charge in [0.2, 0.25) is 10.0 Å². The van der Waals surface area contributed by atoms with E-state index in [1.54, 1.807) is 25.2 Å². The molecule has 0 saturated carbocycles. The molecule has 200 valence electrons. The van der Waals surface area contributed by atoms with Crippen LogP contribution in [0.4, 0.5) is 24.7 Å². The lowest BCUT2D eigenvalue weighted by atomic mass is 9.99. The maximum atomic E-state index is 13.4. The zero-order valence-corrected chi connectivity index (χ0v) is 21.9. The number of nitrogens with zero attached hydrogens (tertiary/aromatic N) is 4. The van der Waals surface area contributed by atoms with Gasteiger partial charge in [0.15, 0.2) is 0 Å². The maximum absolute atomic E-state index is 13.4. The Bertz CT molecular complexity index is 1650. The van der Waals surface area contributed by atoms with Gasteiger partial charge in [0.25, 0.3) is 5.56 Å². The summed E-state index contributed by atoms with van der Waals surface area (Å²) < 4.78 is 66.0. The highest BCUT2D eigenvalue weighted by Gasteiger charge is 2.31. The lowest BCUT2D eigenvalue weighted by Gasteiger charge is -2.35. The third kappa shape index (κ3) is 5.25. The number of pyridine rings is 1. The second kappa shape index (κ2) is 9.81. The van der Waals surface area contributed by atoms with Crippen molar-refractivity contribution >= 4 is 38.0 Å². The summed E-state index contributed by atoms with van der Waals surface area (Å²) >= 11 is 0. The molecule has 0 unspecified atom stereocenters. The summed E-state index contributed by atoms with van der Waals surface area (Å²) in [5.74, 6) is 0.598. The first-order chi connectivity index (χ1) is 17.7. The zero-order chi connectivity index (χ0) is 28.0. The highest BCUT2D eigenvalue weighted by atomic mass is 32.2. The molecule has 1 fully saturated rings. The van der Waals surface area contributed by atoms with Crippen LogP contribution in [0.15, 0.2) is 47.8 Å². The number of piperazine rings is 1. The van der Waals surface area contributed by atoms with Crippen LogP contribution >= 0.6 is 0 Å². The summed E-state index contributed by atoms with van der Waals surface area (Å²) in [7, 11) is -1.67. The fraction of sp³-hybridized carbons (Fsp3) is 0.308. The van der Waals surface area contributed by atoms with Crippen LogP contribution in [-0.4, -0.2) is 49.7 Å². The third-order valence-corrected chi connectivity index (χ3v) is 7.89. The highest BCUT2D eigenvalue weighted by molar-refractivity contribution is 7.88. The molecular weight excluding hydrogens is 519 g/mol. The summed E-state index contributed by atoms with van der Waals surface area (Å²) in [4.78, 5) is 15.3. The van der Waals surface area contributed by atoms with Crippen molar-refractivity contribution < 1.29 is 21.6 Å². The van der Waals surface area contributed by atoms with Gasteiger partial charge in [0, 0.05) is 55.3 Å². The first kappa shape index (κ1) is 27.2. The van der Waals surface area contributed by atoms with E-state index in [-0.39, 0.29) is 29.9 Å². The molecule has 3 aromatic rings. The van der Waals surface area contributed by atoms with E-state index in [1.165, 1.54) is 14.9 Å². The average Bonchev–Trinajstić information content (AvgIpc) is 2.85. The molecule has 0 radical (unpaired) electrons. The number of hydrogen-bond donors (Lipinski definition) is 1. The molecule has 2 aromatic carbocycles. The van der Waals surface area contributed by atoms with Gasteiger partial charge in [-0.2, -0.15) is 22.7 Å². The number of halogens is 3. The van der Waals surface area contributed by atoms with Gasteiger partial charge >= 0.3 is 6.18 Å². The van der Waals surface area contributed by atoms with Crippen LogP contribution in [0, 0.1) is 18.3 Å². The predicted octanol–water partition coefficient (Wildman–Crippen LogP) is 3.90. The summed E-state index contributed by atoms with van der Waals surface area (Å²) in [5.41, 5.74) is 0.395. The van der Waals surface area contributed by atoms with Gasteiger partial charge in [-0.3, -0.25) is 9.36 Å². The molecule has 0 aliphatic carbocycles. The number of hydrogen-bond acceptors (Lipinski definition) is 6. The van der Waals surface area contributed by atoms with Crippen molar-refractivity contribution in [2.75, 3.05) is 42.7 Å². The van der Waals surface area contributed by atoms with E-state index in [2.05, 4.69) is 11.9 Å². The van der Waals surface area contributed by atoms with Gasteiger partial charge in [-0.05, 0) is 48.9 Å². The topological polar surface area (TPSA) is 98.4 Å². The van der Waals surface area contributed by atoms with Crippen molar-refractivity contribution in [3.05, 3.63) is 75.6 Å². The van der Waals surface area contributed by atoms with E-state index >= 15 is 0 Å². The van der Waals surface area contributed by atoms with Crippen LogP contribution in [0.25, 0.3) is 16.5 Å². The standard InChI is InChI=1S/C26H26F3N5O3S/c1-16-11-20(17(2)31-23-6-5-19(26(27,28)29)13-18(23)15-30)21-14-24(32(3)25(35)22(21)12-16)33-7-9-34(10-8-33)38(4,36)37/h5-6,11-14,31H,2,7-10H2,1,3-4H3. The van der Waals surface area contributed by atoms with Crippen molar-refractivity contribution in [3.63, 3.8) is 0 Å². The van der Waals surface area contributed by atoms with Crippen molar-refractivity contribution in [1.29, 1.82) is 5.26 Å². The van der Waals surface area contributed by atoms with E-state index in [0.29, 0.717) is 40.9 Å². The van der Waals surface area contributed by atoms with Crippen LogP contribution in [0.2, 0.25) is 0 Å². The Kier molecular flexibility index (Phi) is 7.03. The summed E-state index contributed by atoms with van der Waals surface area (Å²) in [6.45, 7) is 7.21. The number of rotatable bonds is 5. The van der Waals surface area contributed by atoms with Gasteiger partial charge in [0.1, 0.15) is 11.9 Å². The van der Waals surface area contributed by atoms with Crippen LogP contribution in [-0.2, 0) is 23.2 Å². The number of aromatic nitrogens is 1. The smallest absolute Gasteiger partial charge is 0.355 e. The lowest BCUT2D eigenvalue weighted by molar-refractivity contribution is -0.137. The SMILES string of the molecule is C=C(Nc1ccc(C(F)(F)F)cc1C#N)c1cc(C)cc2c(=O)n(C)c(N3CCN(S(C)(=O)=O)CC3)cc12. The first-order valence-electron chi connectivity index (χ1n) is 11.6. The molecule has 1 N–H and O–H groups in total. The van der Waals surface area contributed by atoms with Gasteiger partial charge in [-0.1, -0.05) is 6.58 Å². The summed E-state index contributed by atoms with van der Waals surface area (Å²) in [5, 5.41) is 13.4. The van der Waals surface area contributed by atoms with Gasteiger partial charge < -0.3 is 10.2 Å². The van der Waals surface area contributed by atoms with E-state index < -0.39 is 21.8 Å². The number of alkyl halides is 3. The van der Waals surface area contributed by atoms with E-state index in [1.807, 2.05) is 17.9 Å². The molecule has 0 amide bonds. The minimum atomic E-state index is -4.59. The highest BCUT2D eigenvalue weighted by Crippen LogP contribution is 2.34. The number of sulfonamides is 1. The summed E-state index contributed by atoms with van der Waals surface area (Å²) in [6, 6.07) is 10.00. The van der Waals surface area contributed by atoms with Crippen molar-refractivity contribution in [2.24, 2.45) is 7.05 Å². The van der Waals surface area contributed by atoms with Crippen LogP contribution in [0.1, 0.15) is 22.3 Å². The Labute approximate surface area is 218 Å². The quantitative estimate of drug-likeness (QED) is 0.522. The lowest BCUT2D eigenvalue weighted by Crippen LogP contribution is -2.49. The molecule has 1 saturated heterocycles. The second-order valence-corrected chi connectivity index (χ2v) is 11.2. The Morgan fingerprint density at radius 2 is 1.74 bits per heavy atom. The molecule has 2 heterocycles. The number of aryl methyl sites for hydroxylation is 1. The number of benzene rings is 2. The predicted molar refractivity (Wildman–Crippen MR) is 141 cm³/mol. The monoisotopic (exact) mass is 545 g/mol. The molecule has 1 aliphatic rings. The molecule has 8 nitrogen and oxygen atoms in total. The molecule has 38 heavy (non-hydrogen) atoms.